The Bertz CT molecular complexity index is 270. The third-order valence-corrected chi connectivity index (χ3v) is 4.92. The lowest BCUT2D eigenvalue weighted by molar-refractivity contribution is 0.199. The van der Waals surface area contributed by atoms with E-state index in [4.69, 9.17) is 27.9 Å². The zero-order valence-corrected chi connectivity index (χ0v) is 12.0. The van der Waals surface area contributed by atoms with Crippen molar-refractivity contribution in [2.75, 3.05) is 31.2 Å². The van der Waals surface area contributed by atoms with E-state index in [0.717, 1.165) is 0 Å². The minimum Gasteiger partial charge on any atom is -0.385 e. The molecule has 16 heavy (non-hydrogen) atoms. The van der Waals surface area contributed by atoms with Gasteiger partial charge in [-0.25, -0.2) is 13.1 Å². The first-order chi connectivity index (χ1) is 7.45. The van der Waals surface area contributed by atoms with Crippen LogP contribution >= 0.6 is 23.2 Å². The molecule has 0 radical (unpaired) electrons. The molecule has 1 N–H and O–H groups in total. The van der Waals surface area contributed by atoms with Gasteiger partial charge in [0, 0.05) is 25.5 Å². The van der Waals surface area contributed by atoms with Crippen LogP contribution in [0.25, 0.3) is 0 Å². The third kappa shape index (κ3) is 5.68. The third-order valence-electron chi connectivity index (χ3n) is 2.32. The van der Waals surface area contributed by atoms with Gasteiger partial charge in [0.2, 0.25) is 10.0 Å². The number of methoxy groups -OCH3 is 1. The van der Waals surface area contributed by atoms with Crippen LogP contribution < -0.4 is 4.72 Å². The number of hydrogen-bond donors (Lipinski definition) is 1. The van der Waals surface area contributed by atoms with E-state index in [1.54, 1.807) is 0 Å². The van der Waals surface area contributed by atoms with Gasteiger partial charge in [0.15, 0.2) is 0 Å². The molecular formula is C9H19Cl2NO3S. The van der Waals surface area contributed by atoms with Crippen LogP contribution in [0.15, 0.2) is 0 Å². The molecular weight excluding hydrogens is 273 g/mol. The first-order valence-electron chi connectivity index (χ1n) is 5.08. The van der Waals surface area contributed by atoms with Gasteiger partial charge in [-0.3, -0.25) is 0 Å². The molecule has 0 aliphatic heterocycles. The molecule has 0 saturated carbocycles. The summed E-state index contributed by atoms with van der Waals surface area (Å²) in [6.45, 7) is 2.27. The highest BCUT2D eigenvalue weighted by molar-refractivity contribution is 7.89. The van der Waals surface area contributed by atoms with Gasteiger partial charge < -0.3 is 4.74 Å². The molecule has 0 aliphatic rings. The van der Waals surface area contributed by atoms with Crippen molar-refractivity contribution in [1.29, 1.82) is 0 Å². The standard InChI is InChI=1S/C9H19Cl2NO3S/c1-3-9(7-10,8-11)12-16(13,14)6-4-5-15-2/h12H,3-8H2,1-2H3. The maximum Gasteiger partial charge on any atom is 0.212 e. The minimum atomic E-state index is -3.35. The highest BCUT2D eigenvalue weighted by Crippen LogP contribution is 2.16. The second-order valence-electron chi connectivity index (χ2n) is 3.67. The minimum absolute atomic E-state index is 0.0242. The fraction of sp³-hybridized carbons (Fsp3) is 1.00. The fourth-order valence-corrected chi connectivity index (χ4v) is 3.63. The molecule has 0 atom stereocenters. The van der Waals surface area contributed by atoms with Crippen molar-refractivity contribution in [2.24, 2.45) is 0 Å². The molecule has 0 amide bonds. The summed E-state index contributed by atoms with van der Waals surface area (Å²) in [7, 11) is -1.81. The summed E-state index contributed by atoms with van der Waals surface area (Å²) in [4.78, 5) is 0. The van der Waals surface area contributed by atoms with Gasteiger partial charge >= 0.3 is 0 Å². The second-order valence-corrected chi connectivity index (χ2v) is 6.04. The molecule has 0 heterocycles. The second kappa shape index (κ2) is 7.71. The van der Waals surface area contributed by atoms with Crippen LogP contribution in [0.5, 0.6) is 0 Å². The van der Waals surface area contributed by atoms with Crippen LogP contribution in [-0.2, 0) is 14.8 Å². The van der Waals surface area contributed by atoms with Gasteiger partial charge in [0.25, 0.3) is 0 Å². The molecule has 0 aromatic carbocycles. The number of sulfonamides is 1. The van der Waals surface area contributed by atoms with E-state index in [1.807, 2.05) is 6.92 Å². The first-order valence-corrected chi connectivity index (χ1v) is 7.80. The van der Waals surface area contributed by atoms with Crippen LogP contribution in [0, 0.1) is 0 Å². The van der Waals surface area contributed by atoms with Crippen LogP contribution in [0.2, 0.25) is 0 Å². The van der Waals surface area contributed by atoms with Crippen molar-refractivity contribution in [3.8, 4) is 0 Å². The van der Waals surface area contributed by atoms with Gasteiger partial charge in [-0.05, 0) is 12.8 Å². The van der Waals surface area contributed by atoms with Gasteiger partial charge in [0.1, 0.15) is 0 Å². The van der Waals surface area contributed by atoms with Crippen molar-refractivity contribution < 1.29 is 13.2 Å². The van der Waals surface area contributed by atoms with Crippen molar-refractivity contribution in [2.45, 2.75) is 25.3 Å². The monoisotopic (exact) mass is 291 g/mol. The quantitative estimate of drug-likeness (QED) is 0.518. The Hall–Kier alpha value is 0.450. The van der Waals surface area contributed by atoms with E-state index in [9.17, 15) is 8.42 Å². The maximum atomic E-state index is 11.7. The molecule has 0 bridgehead atoms. The van der Waals surface area contributed by atoms with Crippen LogP contribution in [0.4, 0.5) is 0 Å². The predicted octanol–water partition coefficient (Wildman–Crippen LogP) is 1.57. The molecule has 0 saturated heterocycles. The maximum absolute atomic E-state index is 11.7. The van der Waals surface area contributed by atoms with Gasteiger partial charge in [-0.1, -0.05) is 6.92 Å². The Morgan fingerprint density at radius 3 is 2.25 bits per heavy atom. The lowest BCUT2D eigenvalue weighted by Crippen LogP contribution is -2.51. The average molecular weight is 292 g/mol. The zero-order chi connectivity index (χ0) is 12.7. The summed E-state index contributed by atoms with van der Waals surface area (Å²) < 4.78 is 30.8. The molecule has 0 spiro atoms. The topological polar surface area (TPSA) is 55.4 Å². The van der Waals surface area contributed by atoms with Crippen LogP contribution in [-0.4, -0.2) is 45.2 Å². The smallest absolute Gasteiger partial charge is 0.212 e. The SMILES string of the molecule is CCC(CCl)(CCl)NS(=O)(=O)CCCOC. The number of hydrogen-bond acceptors (Lipinski definition) is 3. The normalized spacial score (nSPS) is 13.0. The number of ether oxygens (including phenoxy) is 1. The fourth-order valence-electron chi connectivity index (χ4n) is 1.13. The Balaban J connectivity index is 4.42. The molecule has 0 aromatic heterocycles. The Morgan fingerprint density at radius 2 is 1.88 bits per heavy atom. The molecule has 98 valence electrons. The molecule has 0 aliphatic carbocycles. The van der Waals surface area contributed by atoms with E-state index in [0.29, 0.717) is 19.4 Å². The molecule has 4 nitrogen and oxygen atoms in total. The zero-order valence-electron chi connectivity index (χ0n) is 9.63. The van der Waals surface area contributed by atoms with E-state index in [-0.39, 0.29) is 17.5 Å². The summed E-state index contributed by atoms with van der Waals surface area (Å²) in [5, 5.41) is 0. The molecule has 7 heteroatoms. The Morgan fingerprint density at radius 1 is 1.31 bits per heavy atom. The van der Waals surface area contributed by atoms with Gasteiger partial charge in [-0.2, -0.15) is 0 Å². The molecule has 0 rings (SSSR count). The van der Waals surface area contributed by atoms with Gasteiger partial charge in [0.05, 0.1) is 11.3 Å². The predicted molar refractivity (Wildman–Crippen MR) is 67.9 cm³/mol. The summed E-state index contributed by atoms with van der Waals surface area (Å²) in [5.41, 5.74) is -0.741. The summed E-state index contributed by atoms with van der Waals surface area (Å²) in [5.74, 6) is 0.351. The molecule has 0 fully saturated rings. The van der Waals surface area contributed by atoms with Crippen molar-refractivity contribution in [1.82, 2.24) is 4.72 Å². The number of nitrogens with one attached hydrogen (secondary N) is 1. The Labute approximate surface area is 108 Å². The number of halogens is 2. The lowest BCUT2D eigenvalue weighted by Gasteiger charge is -2.29. The summed E-state index contributed by atoms with van der Waals surface area (Å²) in [6.07, 6.45) is 1.01. The number of alkyl halides is 2. The largest absolute Gasteiger partial charge is 0.385 e. The van der Waals surface area contributed by atoms with Crippen LogP contribution in [0.1, 0.15) is 19.8 Å². The molecule has 0 aromatic rings. The van der Waals surface area contributed by atoms with E-state index in [2.05, 4.69) is 4.72 Å². The van der Waals surface area contributed by atoms with Crippen molar-refractivity contribution in [3.63, 3.8) is 0 Å². The van der Waals surface area contributed by atoms with Crippen LogP contribution in [0.3, 0.4) is 0 Å². The first kappa shape index (κ1) is 16.4. The highest BCUT2D eigenvalue weighted by Gasteiger charge is 2.31. The Kier molecular flexibility index (Phi) is 7.93. The highest BCUT2D eigenvalue weighted by atomic mass is 35.5. The lowest BCUT2D eigenvalue weighted by atomic mass is 10.0. The van der Waals surface area contributed by atoms with Gasteiger partial charge in [-0.15, -0.1) is 23.2 Å². The summed E-state index contributed by atoms with van der Waals surface area (Å²) >= 11 is 11.5. The summed E-state index contributed by atoms with van der Waals surface area (Å²) in [6, 6.07) is 0. The van der Waals surface area contributed by atoms with E-state index < -0.39 is 15.6 Å². The van der Waals surface area contributed by atoms with Crippen molar-refractivity contribution in [3.05, 3.63) is 0 Å². The van der Waals surface area contributed by atoms with Crippen molar-refractivity contribution >= 4 is 33.2 Å². The molecule has 0 unspecified atom stereocenters. The van der Waals surface area contributed by atoms with E-state index in [1.165, 1.54) is 7.11 Å². The van der Waals surface area contributed by atoms with E-state index >= 15 is 0 Å². The average Bonchev–Trinajstić information content (AvgIpc) is 2.26. The number of rotatable bonds is 9.